The monoisotopic (exact) mass is 294 g/mol. The summed E-state index contributed by atoms with van der Waals surface area (Å²) in [5.41, 5.74) is 2.37. The molecule has 0 unspecified atom stereocenters. The first-order chi connectivity index (χ1) is 10.6. The van der Waals surface area contributed by atoms with Crippen LogP contribution in [0.15, 0.2) is 60.2 Å². The van der Waals surface area contributed by atoms with Crippen LogP contribution >= 0.6 is 0 Å². The van der Waals surface area contributed by atoms with Crippen molar-refractivity contribution in [2.24, 2.45) is 0 Å². The van der Waals surface area contributed by atoms with Crippen molar-refractivity contribution in [2.75, 3.05) is 6.61 Å². The second kappa shape index (κ2) is 7.36. The lowest BCUT2D eigenvalue weighted by Crippen LogP contribution is -2.16. The molecule has 0 heterocycles. The van der Waals surface area contributed by atoms with Gasteiger partial charge in [0.1, 0.15) is 5.57 Å². The van der Waals surface area contributed by atoms with E-state index in [2.05, 4.69) is 0 Å². The molecule has 0 radical (unpaired) electrons. The van der Waals surface area contributed by atoms with Crippen molar-refractivity contribution < 1.29 is 14.3 Å². The average Bonchev–Trinajstić information content (AvgIpc) is 2.53. The second-order valence-electron chi connectivity index (χ2n) is 4.89. The molecule has 0 atom stereocenters. The lowest BCUT2D eigenvalue weighted by molar-refractivity contribution is -0.137. The van der Waals surface area contributed by atoms with Gasteiger partial charge in [0.15, 0.2) is 5.78 Å². The summed E-state index contributed by atoms with van der Waals surface area (Å²) >= 11 is 0. The van der Waals surface area contributed by atoms with Gasteiger partial charge in [0.05, 0.1) is 6.61 Å². The first-order valence-corrected chi connectivity index (χ1v) is 7.17. The molecule has 3 nitrogen and oxygen atoms in total. The number of ether oxygens (including phenoxy) is 1. The zero-order valence-electron chi connectivity index (χ0n) is 12.7. The molecule has 0 spiro atoms. The third-order valence-electron chi connectivity index (χ3n) is 3.13. The number of esters is 1. The summed E-state index contributed by atoms with van der Waals surface area (Å²) in [7, 11) is 0. The minimum absolute atomic E-state index is 0.0404. The van der Waals surface area contributed by atoms with Crippen LogP contribution in [0.5, 0.6) is 0 Å². The normalized spacial score (nSPS) is 11.1. The number of carbonyl (C=O) groups excluding carboxylic acids is 2. The Balaban J connectivity index is 2.43. The topological polar surface area (TPSA) is 43.4 Å². The Hall–Kier alpha value is -2.68. The average molecular weight is 294 g/mol. The molecule has 112 valence electrons. The maximum atomic E-state index is 12.6. The second-order valence-corrected chi connectivity index (χ2v) is 4.89. The molecular weight excluding hydrogens is 276 g/mol. The van der Waals surface area contributed by atoms with Gasteiger partial charge in [0.25, 0.3) is 0 Å². The number of aryl methyl sites for hydroxylation is 1. The van der Waals surface area contributed by atoms with E-state index in [4.69, 9.17) is 4.74 Å². The van der Waals surface area contributed by atoms with E-state index in [1.54, 1.807) is 37.3 Å². The molecule has 3 heteroatoms. The van der Waals surface area contributed by atoms with Gasteiger partial charge in [0, 0.05) is 5.56 Å². The zero-order valence-corrected chi connectivity index (χ0v) is 12.7. The molecule has 0 aromatic heterocycles. The van der Waals surface area contributed by atoms with Crippen LogP contribution in [0.25, 0.3) is 6.08 Å². The molecule has 0 saturated carbocycles. The molecule has 0 saturated heterocycles. The number of carbonyl (C=O) groups is 2. The van der Waals surface area contributed by atoms with E-state index in [1.165, 1.54) is 0 Å². The van der Waals surface area contributed by atoms with Crippen molar-refractivity contribution in [3.05, 3.63) is 76.9 Å². The highest BCUT2D eigenvalue weighted by atomic mass is 16.5. The lowest BCUT2D eigenvalue weighted by atomic mass is 10.0. The Bertz CT molecular complexity index is 700. The Labute approximate surface area is 130 Å². The molecule has 0 bridgehead atoms. The maximum absolute atomic E-state index is 12.6. The Morgan fingerprint density at radius 3 is 2.41 bits per heavy atom. The highest BCUT2D eigenvalue weighted by Crippen LogP contribution is 2.15. The zero-order chi connectivity index (χ0) is 15.9. The number of Topliss-reactive ketones (excluding diaryl/α,β-unsaturated/α-hetero) is 1. The quantitative estimate of drug-likeness (QED) is 0.277. The van der Waals surface area contributed by atoms with E-state index in [0.29, 0.717) is 5.56 Å². The number of benzene rings is 2. The van der Waals surface area contributed by atoms with Crippen LogP contribution in [-0.4, -0.2) is 18.4 Å². The summed E-state index contributed by atoms with van der Waals surface area (Å²) in [6.07, 6.45) is 1.58. The molecule has 2 rings (SSSR count). The highest BCUT2D eigenvalue weighted by molar-refractivity contribution is 6.26. The van der Waals surface area contributed by atoms with E-state index in [9.17, 15) is 9.59 Å². The van der Waals surface area contributed by atoms with Gasteiger partial charge < -0.3 is 4.74 Å². The minimum atomic E-state index is -0.599. The van der Waals surface area contributed by atoms with Crippen molar-refractivity contribution in [1.29, 1.82) is 0 Å². The Morgan fingerprint density at radius 2 is 1.77 bits per heavy atom. The van der Waals surface area contributed by atoms with Crippen LogP contribution in [0.2, 0.25) is 0 Å². The standard InChI is InChI=1S/C19H18O3/c1-3-22-19(21)17(13-15-9-7-8-14(2)12-15)18(20)16-10-5-4-6-11-16/h4-13H,3H2,1-2H3/b17-13+. The predicted octanol–water partition coefficient (Wildman–Crippen LogP) is 3.82. The molecule has 0 aliphatic carbocycles. The molecule has 2 aromatic carbocycles. The summed E-state index contributed by atoms with van der Waals surface area (Å²) < 4.78 is 5.02. The van der Waals surface area contributed by atoms with Gasteiger partial charge in [-0.15, -0.1) is 0 Å². The fourth-order valence-corrected chi connectivity index (χ4v) is 2.10. The first kappa shape index (κ1) is 15.7. The summed E-state index contributed by atoms with van der Waals surface area (Å²) in [5.74, 6) is -0.932. The number of hydrogen-bond donors (Lipinski definition) is 0. The molecule has 0 aliphatic heterocycles. The molecular formula is C19H18O3. The van der Waals surface area contributed by atoms with Crippen LogP contribution < -0.4 is 0 Å². The molecule has 0 aliphatic rings. The summed E-state index contributed by atoms with van der Waals surface area (Å²) in [6.45, 7) is 3.90. The molecule has 0 fully saturated rings. The summed E-state index contributed by atoms with van der Waals surface area (Å²) in [6, 6.07) is 16.3. The maximum Gasteiger partial charge on any atom is 0.342 e. The van der Waals surface area contributed by atoms with Crippen molar-refractivity contribution in [2.45, 2.75) is 13.8 Å². The van der Waals surface area contributed by atoms with Crippen LogP contribution in [-0.2, 0) is 9.53 Å². The SMILES string of the molecule is CCOC(=O)/C(=C/c1cccc(C)c1)C(=O)c1ccccc1. The van der Waals surface area contributed by atoms with Gasteiger partial charge in [-0.1, -0.05) is 60.2 Å². The Morgan fingerprint density at radius 1 is 1.05 bits per heavy atom. The third kappa shape index (κ3) is 3.92. The number of hydrogen-bond acceptors (Lipinski definition) is 3. The van der Waals surface area contributed by atoms with Crippen LogP contribution in [0.3, 0.4) is 0 Å². The van der Waals surface area contributed by atoms with E-state index >= 15 is 0 Å². The Kier molecular flexibility index (Phi) is 5.26. The summed E-state index contributed by atoms with van der Waals surface area (Å²) in [4.78, 5) is 24.7. The molecule has 0 amide bonds. The van der Waals surface area contributed by atoms with Gasteiger partial charge in [-0.05, 0) is 25.5 Å². The minimum Gasteiger partial charge on any atom is -0.462 e. The number of ketones is 1. The lowest BCUT2D eigenvalue weighted by Gasteiger charge is -2.07. The van der Waals surface area contributed by atoms with Crippen molar-refractivity contribution in [3.63, 3.8) is 0 Å². The van der Waals surface area contributed by atoms with E-state index in [0.717, 1.165) is 11.1 Å². The van der Waals surface area contributed by atoms with Gasteiger partial charge in [-0.3, -0.25) is 4.79 Å². The van der Waals surface area contributed by atoms with Crippen molar-refractivity contribution in [3.8, 4) is 0 Å². The van der Waals surface area contributed by atoms with Gasteiger partial charge in [0.2, 0.25) is 0 Å². The highest BCUT2D eigenvalue weighted by Gasteiger charge is 2.20. The molecule has 2 aromatic rings. The van der Waals surface area contributed by atoms with Crippen LogP contribution in [0.1, 0.15) is 28.4 Å². The molecule has 22 heavy (non-hydrogen) atoms. The first-order valence-electron chi connectivity index (χ1n) is 7.17. The van der Waals surface area contributed by atoms with Gasteiger partial charge in [-0.2, -0.15) is 0 Å². The van der Waals surface area contributed by atoms with Crippen molar-refractivity contribution in [1.82, 2.24) is 0 Å². The fraction of sp³-hybridized carbons (Fsp3) is 0.158. The van der Waals surface area contributed by atoms with E-state index in [-0.39, 0.29) is 18.0 Å². The van der Waals surface area contributed by atoms with Crippen LogP contribution in [0.4, 0.5) is 0 Å². The number of rotatable bonds is 5. The van der Waals surface area contributed by atoms with Gasteiger partial charge in [-0.25, -0.2) is 4.79 Å². The van der Waals surface area contributed by atoms with Crippen LogP contribution in [0, 0.1) is 6.92 Å². The third-order valence-corrected chi connectivity index (χ3v) is 3.13. The largest absolute Gasteiger partial charge is 0.462 e. The van der Waals surface area contributed by atoms with E-state index in [1.807, 2.05) is 37.3 Å². The fourth-order valence-electron chi connectivity index (χ4n) is 2.10. The predicted molar refractivity (Wildman–Crippen MR) is 86.6 cm³/mol. The van der Waals surface area contributed by atoms with Gasteiger partial charge >= 0.3 is 5.97 Å². The van der Waals surface area contributed by atoms with E-state index < -0.39 is 5.97 Å². The summed E-state index contributed by atoms with van der Waals surface area (Å²) in [5, 5.41) is 0. The smallest absolute Gasteiger partial charge is 0.342 e. The van der Waals surface area contributed by atoms with Crippen molar-refractivity contribution >= 4 is 17.8 Å². The molecule has 0 N–H and O–H groups in total.